The molecule has 224 valence electrons. The molecule has 0 aromatic heterocycles. The van der Waals surface area contributed by atoms with Crippen LogP contribution in [0.4, 0.5) is 14.0 Å². The van der Waals surface area contributed by atoms with Gasteiger partial charge in [-0.1, -0.05) is 18.2 Å². The van der Waals surface area contributed by atoms with Gasteiger partial charge in [-0.05, 0) is 106 Å². The number of hydrogen-bond donors (Lipinski definition) is 0. The lowest BCUT2D eigenvalue weighted by Gasteiger charge is -2.34. The maximum absolute atomic E-state index is 13.4. The molecule has 1 aliphatic rings. The van der Waals surface area contributed by atoms with Gasteiger partial charge in [0.2, 0.25) is 0 Å². The Morgan fingerprint density at radius 2 is 1.43 bits per heavy atom. The summed E-state index contributed by atoms with van der Waals surface area (Å²) in [5, 5.41) is 0. The summed E-state index contributed by atoms with van der Waals surface area (Å²) in [5.74, 6) is -0.700. The minimum Gasteiger partial charge on any atom is -0.458 e. The van der Waals surface area contributed by atoms with Crippen LogP contribution < -0.4 is 0 Å². The van der Waals surface area contributed by atoms with E-state index >= 15 is 0 Å². The summed E-state index contributed by atoms with van der Waals surface area (Å²) >= 11 is 0. The number of ether oxygens (including phenoxy) is 3. The van der Waals surface area contributed by atoms with Crippen molar-refractivity contribution in [2.45, 2.75) is 116 Å². The van der Waals surface area contributed by atoms with Crippen molar-refractivity contribution in [1.82, 2.24) is 9.80 Å². The Labute approximate surface area is 238 Å². The highest BCUT2D eigenvalue weighted by Gasteiger charge is 2.44. The Hall–Kier alpha value is -2.94. The summed E-state index contributed by atoms with van der Waals surface area (Å²) in [5.41, 5.74) is -1.57. The molecule has 0 aliphatic heterocycles. The molecule has 0 saturated heterocycles. The third-order valence-electron chi connectivity index (χ3n) is 5.98. The molecule has 8 nitrogen and oxygen atoms in total. The highest BCUT2D eigenvalue weighted by atomic mass is 19.1. The van der Waals surface area contributed by atoms with Crippen LogP contribution in [-0.4, -0.2) is 69.9 Å². The van der Waals surface area contributed by atoms with Crippen LogP contribution in [0.25, 0.3) is 0 Å². The standard InChI is InChI=1S/C31H47FN2O6/c1-11-18-33(25-20-23(25)21-14-16-22(32)17-15-21)19-12-13-24(26(35)38-29(2,3)4)34(27(36)39-30(5,6)7)28(37)40-31(8,9)10/h11,14-17,23-25H,1,12-13,18-20H2,2-10H3/t23?,24-,25?/m0/s1. The molecule has 1 aromatic carbocycles. The number of benzene rings is 1. The van der Waals surface area contributed by atoms with E-state index in [9.17, 15) is 18.8 Å². The van der Waals surface area contributed by atoms with Crippen molar-refractivity contribution >= 4 is 18.2 Å². The van der Waals surface area contributed by atoms with Gasteiger partial charge >= 0.3 is 18.2 Å². The number of nitrogens with zero attached hydrogens (tertiary/aromatic N) is 2. The Morgan fingerprint density at radius 1 is 0.925 bits per heavy atom. The van der Waals surface area contributed by atoms with Crippen LogP contribution in [0.3, 0.4) is 0 Å². The maximum atomic E-state index is 13.4. The van der Waals surface area contributed by atoms with E-state index in [0.29, 0.717) is 19.5 Å². The summed E-state index contributed by atoms with van der Waals surface area (Å²) in [6, 6.07) is 5.55. The summed E-state index contributed by atoms with van der Waals surface area (Å²) < 4.78 is 30.0. The van der Waals surface area contributed by atoms with Gasteiger partial charge in [0.15, 0.2) is 0 Å². The molecule has 2 rings (SSSR count). The highest BCUT2D eigenvalue weighted by Crippen LogP contribution is 2.44. The van der Waals surface area contributed by atoms with Crippen molar-refractivity contribution in [3.63, 3.8) is 0 Å². The van der Waals surface area contributed by atoms with E-state index < -0.39 is 41.0 Å². The monoisotopic (exact) mass is 562 g/mol. The summed E-state index contributed by atoms with van der Waals surface area (Å²) in [4.78, 5) is 43.0. The second-order valence-corrected chi connectivity index (χ2v) is 13.3. The lowest BCUT2D eigenvalue weighted by molar-refractivity contribution is -0.161. The third-order valence-corrected chi connectivity index (χ3v) is 5.98. The van der Waals surface area contributed by atoms with Crippen molar-refractivity contribution < 1.29 is 33.0 Å². The molecule has 2 unspecified atom stereocenters. The molecule has 1 aromatic rings. The highest BCUT2D eigenvalue weighted by molar-refractivity contribution is 5.94. The number of carbonyl (C=O) groups is 3. The number of carbonyl (C=O) groups excluding carboxylic acids is 3. The first kappa shape index (κ1) is 33.3. The molecule has 1 fully saturated rings. The van der Waals surface area contributed by atoms with E-state index in [0.717, 1.165) is 16.9 Å². The van der Waals surface area contributed by atoms with Gasteiger partial charge in [0, 0.05) is 18.5 Å². The molecule has 9 heteroatoms. The second kappa shape index (κ2) is 13.1. The molecular weight excluding hydrogens is 515 g/mol. The Balaban J connectivity index is 2.27. The fraction of sp³-hybridized carbons (Fsp3) is 0.645. The molecule has 0 spiro atoms. The van der Waals surface area contributed by atoms with Gasteiger partial charge in [-0.2, -0.15) is 4.90 Å². The van der Waals surface area contributed by atoms with Gasteiger partial charge in [-0.25, -0.2) is 18.8 Å². The van der Waals surface area contributed by atoms with E-state index in [-0.39, 0.29) is 24.2 Å². The number of esters is 1. The Morgan fingerprint density at radius 3 is 1.88 bits per heavy atom. The van der Waals surface area contributed by atoms with Crippen LogP contribution in [-0.2, 0) is 19.0 Å². The fourth-order valence-electron chi connectivity index (χ4n) is 4.37. The molecule has 2 amide bonds. The lowest BCUT2D eigenvalue weighted by Crippen LogP contribution is -2.53. The molecule has 3 atom stereocenters. The third kappa shape index (κ3) is 10.9. The predicted molar refractivity (Wildman–Crippen MR) is 152 cm³/mol. The topological polar surface area (TPSA) is 85.4 Å². The minimum atomic E-state index is -1.25. The molecular formula is C31H47FN2O6. The van der Waals surface area contributed by atoms with E-state index in [2.05, 4.69) is 11.5 Å². The summed E-state index contributed by atoms with van der Waals surface area (Å²) in [6.07, 6.45) is 1.43. The zero-order chi connectivity index (χ0) is 30.5. The van der Waals surface area contributed by atoms with Gasteiger partial charge in [0.1, 0.15) is 28.7 Å². The van der Waals surface area contributed by atoms with Crippen LogP contribution in [0.2, 0.25) is 0 Å². The van der Waals surface area contributed by atoms with E-state index in [1.165, 1.54) is 12.1 Å². The molecule has 40 heavy (non-hydrogen) atoms. The Bertz CT molecular complexity index is 1010. The summed E-state index contributed by atoms with van der Waals surface area (Å²) in [7, 11) is 0. The predicted octanol–water partition coefficient (Wildman–Crippen LogP) is 6.83. The van der Waals surface area contributed by atoms with Crippen molar-refractivity contribution in [2.24, 2.45) is 0 Å². The zero-order valence-electron chi connectivity index (χ0n) is 25.6. The SMILES string of the molecule is C=CCN(CCC[C@@H](C(=O)OC(C)(C)C)N(C(=O)OC(C)(C)C)C(=O)OC(C)(C)C)C1CC1c1ccc(F)cc1. The number of hydrogen-bond acceptors (Lipinski definition) is 7. The average Bonchev–Trinajstić information content (AvgIpc) is 3.55. The molecule has 0 heterocycles. The van der Waals surface area contributed by atoms with Gasteiger partial charge in [-0.3, -0.25) is 4.90 Å². The van der Waals surface area contributed by atoms with E-state index in [1.54, 1.807) is 62.3 Å². The average molecular weight is 563 g/mol. The molecule has 0 N–H and O–H groups in total. The van der Waals surface area contributed by atoms with Crippen LogP contribution in [0.15, 0.2) is 36.9 Å². The smallest absolute Gasteiger partial charge is 0.420 e. The van der Waals surface area contributed by atoms with Crippen molar-refractivity contribution in [3.05, 3.63) is 48.3 Å². The Kier molecular flexibility index (Phi) is 10.9. The molecule has 1 saturated carbocycles. The van der Waals surface area contributed by atoms with Crippen LogP contribution in [0.1, 0.15) is 93.1 Å². The first-order chi connectivity index (χ1) is 18.3. The number of rotatable bonds is 10. The van der Waals surface area contributed by atoms with Crippen molar-refractivity contribution in [1.29, 1.82) is 0 Å². The number of amides is 2. The van der Waals surface area contributed by atoms with E-state index in [4.69, 9.17) is 14.2 Å². The molecule has 1 aliphatic carbocycles. The normalized spacial score (nSPS) is 18.1. The largest absolute Gasteiger partial charge is 0.458 e. The van der Waals surface area contributed by atoms with Gasteiger partial charge < -0.3 is 14.2 Å². The zero-order valence-corrected chi connectivity index (χ0v) is 25.6. The van der Waals surface area contributed by atoms with Gasteiger partial charge in [0.25, 0.3) is 0 Å². The maximum Gasteiger partial charge on any atom is 0.420 e. The van der Waals surface area contributed by atoms with Crippen LogP contribution in [0.5, 0.6) is 0 Å². The first-order valence-corrected chi connectivity index (χ1v) is 13.9. The van der Waals surface area contributed by atoms with Gasteiger partial charge in [-0.15, -0.1) is 6.58 Å². The molecule has 0 bridgehead atoms. The lowest BCUT2D eigenvalue weighted by atomic mass is 10.1. The van der Waals surface area contributed by atoms with Gasteiger partial charge in [0.05, 0.1) is 0 Å². The van der Waals surface area contributed by atoms with E-state index in [1.807, 2.05) is 18.2 Å². The quantitative estimate of drug-likeness (QED) is 0.175. The number of imide groups is 1. The van der Waals surface area contributed by atoms with Crippen molar-refractivity contribution in [2.75, 3.05) is 13.1 Å². The summed E-state index contributed by atoms with van der Waals surface area (Å²) in [6.45, 7) is 20.4. The second-order valence-electron chi connectivity index (χ2n) is 13.3. The molecule has 0 radical (unpaired) electrons. The fourth-order valence-corrected chi connectivity index (χ4v) is 4.37. The van der Waals surface area contributed by atoms with Crippen LogP contribution >= 0.6 is 0 Å². The first-order valence-electron chi connectivity index (χ1n) is 13.9. The van der Waals surface area contributed by atoms with Crippen LogP contribution in [0, 0.1) is 5.82 Å². The number of halogens is 1. The minimum absolute atomic E-state index is 0.148. The van der Waals surface area contributed by atoms with Crippen molar-refractivity contribution in [3.8, 4) is 0 Å².